The molecule has 0 saturated heterocycles. The average Bonchev–Trinajstić information content (AvgIpc) is 2.82. The number of non-ortho nitro benzene ring substituents is 2. The van der Waals surface area contributed by atoms with Crippen LogP contribution in [0.15, 0.2) is 36.4 Å². The first-order valence-electron chi connectivity index (χ1n) is 10.2. The molecular weight excluding hydrogens is 504 g/mol. The number of carboxylic acid groups (broad SMARTS) is 2. The number of nitrogens with one attached hydrogen (secondary N) is 2. The number of carbonyl (C=O) groups is 2. The first-order chi connectivity index (χ1) is 17.3. The van der Waals surface area contributed by atoms with Gasteiger partial charge in [0.05, 0.1) is 31.8 Å². The van der Waals surface area contributed by atoms with Crippen LogP contribution in [0.25, 0.3) is 0 Å². The zero-order valence-electron chi connectivity index (χ0n) is 18.5. The van der Waals surface area contributed by atoms with E-state index >= 15 is 0 Å². The topological polar surface area (TPSA) is 271 Å². The molecule has 0 amide bonds. The summed E-state index contributed by atoms with van der Waals surface area (Å²) < 4.78 is 0. The molecule has 37 heavy (non-hydrogen) atoms. The third-order valence-electron chi connectivity index (χ3n) is 5.02. The number of aliphatic carboxylic acids is 2. The molecule has 2 aromatic carbocycles. The van der Waals surface area contributed by atoms with E-state index in [1.54, 1.807) is 0 Å². The number of nitro groups is 4. The molecule has 0 bridgehead atoms. The van der Waals surface area contributed by atoms with Crippen LogP contribution in [-0.2, 0) is 9.59 Å². The second-order valence-corrected chi connectivity index (χ2v) is 7.43. The van der Waals surface area contributed by atoms with Gasteiger partial charge in [-0.1, -0.05) is 0 Å². The minimum absolute atomic E-state index is 0.102. The zero-order chi connectivity index (χ0) is 27.9. The fraction of sp³-hybridized carbons (Fsp3) is 0.263. The number of carboxylic acids is 2. The summed E-state index contributed by atoms with van der Waals surface area (Å²) >= 11 is 0. The Morgan fingerprint density at radius 1 is 0.676 bits per heavy atom. The van der Waals surface area contributed by atoms with Gasteiger partial charge in [0.1, 0.15) is 23.5 Å². The van der Waals surface area contributed by atoms with Gasteiger partial charge >= 0.3 is 11.9 Å². The Morgan fingerprint density at radius 3 is 1.30 bits per heavy atom. The number of nitrogens with zero attached hydrogens (tertiary/aromatic N) is 4. The van der Waals surface area contributed by atoms with E-state index in [4.69, 9.17) is 0 Å². The molecule has 0 heterocycles. The Hall–Kier alpha value is -5.42. The van der Waals surface area contributed by atoms with Crippen LogP contribution >= 0.6 is 0 Å². The molecule has 4 N–H and O–H groups in total. The maximum atomic E-state index is 11.7. The molecule has 196 valence electrons. The minimum atomic E-state index is -1.46. The highest BCUT2D eigenvalue weighted by Crippen LogP contribution is 2.31. The summed E-state index contributed by atoms with van der Waals surface area (Å²) in [6.45, 7) is 0. The van der Waals surface area contributed by atoms with Gasteiger partial charge in [0.15, 0.2) is 0 Å². The van der Waals surface area contributed by atoms with Gasteiger partial charge in [-0.15, -0.1) is 0 Å². The first kappa shape index (κ1) is 27.8. The van der Waals surface area contributed by atoms with Crippen molar-refractivity contribution >= 4 is 46.1 Å². The Labute approximate surface area is 205 Å². The molecule has 0 aliphatic carbocycles. The summed E-state index contributed by atoms with van der Waals surface area (Å²) in [4.78, 5) is 64.0. The molecule has 0 aromatic heterocycles. The summed E-state index contributed by atoms with van der Waals surface area (Å²) in [6.07, 6.45) is -0.607. The molecule has 18 nitrogen and oxygen atoms in total. The maximum absolute atomic E-state index is 11.7. The van der Waals surface area contributed by atoms with Gasteiger partial charge < -0.3 is 20.8 Å². The Kier molecular flexibility index (Phi) is 8.89. The number of rotatable bonds is 14. The average molecular weight is 522 g/mol. The van der Waals surface area contributed by atoms with Gasteiger partial charge in [-0.05, 0) is 31.4 Å². The molecule has 2 aromatic rings. The molecule has 18 heteroatoms. The van der Waals surface area contributed by atoms with E-state index in [1.165, 1.54) is 0 Å². The Morgan fingerprint density at radius 2 is 1.03 bits per heavy atom. The molecule has 0 spiro atoms. The van der Waals surface area contributed by atoms with E-state index in [0.717, 1.165) is 24.3 Å². The number of hydrogen-bond donors (Lipinski definition) is 4. The van der Waals surface area contributed by atoms with Crippen LogP contribution in [0.2, 0.25) is 0 Å². The van der Waals surface area contributed by atoms with Gasteiger partial charge in [-0.25, -0.2) is 9.59 Å². The van der Waals surface area contributed by atoms with Gasteiger partial charge in [0.25, 0.3) is 22.7 Å². The first-order valence-corrected chi connectivity index (χ1v) is 10.2. The second-order valence-electron chi connectivity index (χ2n) is 7.43. The molecular formula is C19H18N6O12. The summed E-state index contributed by atoms with van der Waals surface area (Å²) in [6, 6.07) is 2.23. The molecule has 0 fully saturated rings. The minimum Gasteiger partial charge on any atom is -0.480 e. The van der Waals surface area contributed by atoms with Crippen molar-refractivity contribution in [1.82, 2.24) is 0 Å². The highest BCUT2D eigenvalue weighted by atomic mass is 16.6. The van der Waals surface area contributed by atoms with Crippen molar-refractivity contribution in [3.05, 3.63) is 76.9 Å². The van der Waals surface area contributed by atoms with Crippen LogP contribution in [0.5, 0.6) is 0 Å². The van der Waals surface area contributed by atoms with Crippen LogP contribution in [0, 0.1) is 40.5 Å². The summed E-state index contributed by atoms with van der Waals surface area (Å²) in [5.74, 6) is -2.89. The Balaban J connectivity index is 2.16. The Bertz CT molecular complexity index is 1170. The molecule has 0 radical (unpaired) electrons. The number of benzene rings is 2. The fourth-order valence-electron chi connectivity index (χ4n) is 3.23. The van der Waals surface area contributed by atoms with Crippen molar-refractivity contribution < 1.29 is 39.5 Å². The molecule has 0 aliphatic heterocycles. The zero-order valence-corrected chi connectivity index (χ0v) is 18.5. The maximum Gasteiger partial charge on any atom is 0.326 e. The van der Waals surface area contributed by atoms with Crippen molar-refractivity contribution in [2.24, 2.45) is 0 Å². The monoisotopic (exact) mass is 522 g/mol. The summed E-state index contributed by atoms with van der Waals surface area (Å²) in [5, 5.41) is 68.0. The highest BCUT2D eigenvalue weighted by molar-refractivity contribution is 5.80. The molecule has 2 unspecified atom stereocenters. The van der Waals surface area contributed by atoms with E-state index in [9.17, 15) is 60.3 Å². The quantitative estimate of drug-likeness (QED) is 0.205. The molecule has 2 rings (SSSR count). The lowest BCUT2D eigenvalue weighted by molar-refractivity contribution is -0.393. The standard InChI is InChI=1S/C19H18N6O12/c26-18(27)14(20-12-6-4-10(22(30)31)8-16(12)24(34)35)2-1-3-15(19(28)29)21-13-7-5-11(23(32)33)9-17(13)25(36)37/h4-9,14-15,20-21H,1-3H2,(H,26,27)(H,28,29). The number of anilines is 2. The van der Waals surface area contributed by atoms with Gasteiger partial charge in [0, 0.05) is 12.1 Å². The number of hydrogen-bond acceptors (Lipinski definition) is 12. The normalized spacial score (nSPS) is 12.1. The van der Waals surface area contributed by atoms with E-state index in [-0.39, 0.29) is 30.6 Å². The fourth-order valence-corrected chi connectivity index (χ4v) is 3.23. The van der Waals surface area contributed by atoms with Crippen LogP contribution in [0.4, 0.5) is 34.1 Å². The van der Waals surface area contributed by atoms with Crippen molar-refractivity contribution in [3.8, 4) is 0 Å². The summed E-state index contributed by atoms with van der Waals surface area (Å²) in [5.41, 5.74) is -3.26. The highest BCUT2D eigenvalue weighted by Gasteiger charge is 2.27. The molecule has 0 saturated carbocycles. The molecule has 2 atom stereocenters. The molecule has 0 aliphatic rings. The SMILES string of the molecule is O=C(O)C(CCCC(Nc1ccc([N+](=O)[O-])cc1[N+](=O)[O-])C(=O)O)Nc1ccc([N+](=O)[O-])cc1[N+](=O)[O-]. The lowest BCUT2D eigenvalue weighted by Gasteiger charge is -2.18. The lowest BCUT2D eigenvalue weighted by Crippen LogP contribution is -2.32. The van der Waals surface area contributed by atoms with Crippen LogP contribution in [0.3, 0.4) is 0 Å². The third kappa shape index (κ3) is 7.28. The van der Waals surface area contributed by atoms with Gasteiger partial charge in [-0.2, -0.15) is 0 Å². The van der Waals surface area contributed by atoms with Gasteiger partial charge in [-0.3, -0.25) is 40.5 Å². The van der Waals surface area contributed by atoms with Crippen molar-refractivity contribution in [2.75, 3.05) is 10.6 Å². The number of nitro benzene ring substituents is 4. The van der Waals surface area contributed by atoms with Crippen molar-refractivity contribution in [3.63, 3.8) is 0 Å². The van der Waals surface area contributed by atoms with E-state index in [1.807, 2.05) is 0 Å². The van der Waals surface area contributed by atoms with E-state index in [2.05, 4.69) is 10.6 Å². The smallest absolute Gasteiger partial charge is 0.326 e. The summed E-state index contributed by atoms with van der Waals surface area (Å²) in [7, 11) is 0. The predicted molar refractivity (Wildman–Crippen MR) is 123 cm³/mol. The van der Waals surface area contributed by atoms with Gasteiger partial charge in [0.2, 0.25) is 0 Å². The van der Waals surface area contributed by atoms with Crippen molar-refractivity contribution in [1.29, 1.82) is 0 Å². The van der Waals surface area contributed by atoms with Crippen LogP contribution < -0.4 is 10.6 Å². The predicted octanol–water partition coefficient (Wildman–Crippen LogP) is 2.92. The van der Waals surface area contributed by atoms with Crippen molar-refractivity contribution in [2.45, 2.75) is 31.3 Å². The van der Waals surface area contributed by atoms with E-state index < -0.39 is 66.5 Å². The van der Waals surface area contributed by atoms with Crippen LogP contribution in [-0.4, -0.2) is 53.9 Å². The lowest BCUT2D eigenvalue weighted by atomic mass is 10.0. The largest absolute Gasteiger partial charge is 0.480 e. The second kappa shape index (κ2) is 11.8. The van der Waals surface area contributed by atoms with Crippen LogP contribution in [0.1, 0.15) is 19.3 Å². The third-order valence-corrected chi connectivity index (χ3v) is 5.02. The van der Waals surface area contributed by atoms with E-state index in [0.29, 0.717) is 12.1 Å².